The van der Waals surface area contributed by atoms with Gasteiger partial charge in [0, 0.05) is 42.5 Å². The molecule has 2 aliphatic rings. The molecule has 1 aromatic heterocycles. The van der Waals surface area contributed by atoms with Gasteiger partial charge < -0.3 is 15.5 Å². The Bertz CT molecular complexity index is 1040. The van der Waals surface area contributed by atoms with E-state index in [-0.39, 0.29) is 11.9 Å². The fourth-order valence-electron chi connectivity index (χ4n) is 4.61. The zero-order valence-corrected chi connectivity index (χ0v) is 21.3. The summed E-state index contributed by atoms with van der Waals surface area (Å²) in [6.45, 7) is 4.58. The molecule has 0 bridgehead atoms. The van der Waals surface area contributed by atoms with E-state index >= 15 is 0 Å². The zero-order valence-electron chi connectivity index (χ0n) is 19.7. The highest BCUT2D eigenvalue weighted by molar-refractivity contribution is 7.09. The lowest BCUT2D eigenvalue weighted by atomic mass is 9.97. The lowest BCUT2D eigenvalue weighted by Crippen LogP contribution is -2.44. The van der Waals surface area contributed by atoms with Gasteiger partial charge in [0.15, 0.2) is 0 Å². The van der Waals surface area contributed by atoms with Crippen LogP contribution in [0, 0.1) is 6.92 Å². The number of benzene rings is 1. The van der Waals surface area contributed by atoms with Crippen LogP contribution in [-0.4, -0.2) is 41.5 Å². The standard InChI is InChI=1S/C26H33ClN4O2S/c1-18-15-22(27)8-7-21(18)16-29-24(32)23-17-34-25(30-23)20-10-13-31(14-11-20)26(33)28-12-9-19-5-3-2-4-6-19/h5,7-8,15,17,20H,2-4,6,9-14,16H2,1H3,(H,28,33)(H,29,32). The van der Waals surface area contributed by atoms with Crippen molar-refractivity contribution >= 4 is 34.9 Å². The van der Waals surface area contributed by atoms with Crippen molar-refractivity contribution in [2.24, 2.45) is 0 Å². The molecule has 0 atom stereocenters. The van der Waals surface area contributed by atoms with E-state index < -0.39 is 0 Å². The molecule has 2 aromatic rings. The Labute approximate surface area is 210 Å². The Morgan fingerprint density at radius 2 is 2.03 bits per heavy atom. The van der Waals surface area contributed by atoms with Crippen molar-refractivity contribution in [1.29, 1.82) is 0 Å². The van der Waals surface area contributed by atoms with E-state index in [4.69, 9.17) is 11.6 Å². The third kappa shape index (κ3) is 6.60. The molecule has 34 heavy (non-hydrogen) atoms. The lowest BCUT2D eigenvalue weighted by molar-refractivity contribution is 0.0946. The number of hydrogen-bond acceptors (Lipinski definition) is 4. The summed E-state index contributed by atoms with van der Waals surface area (Å²) >= 11 is 7.54. The maximum absolute atomic E-state index is 12.6. The van der Waals surface area contributed by atoms with Crippen LogP contribution in [0.1, 0.15) is 77.5 Å². The number of thiazole rings is 1. The van der Waals surface area contributed by atoms with Crippen molar-refractivity contribution in [3.05, 3.63) is 62.1 Å². The molecule has 1 aromatic carbocycles. The highest BCUT2D eigenvalue weighted by Crippen LogP contribution is 2.30. The zero-order chi connectivity index (χ0) is 23.9. The summed E-state index contributed by atoms with van der Waals surface area (Å²) in [5.41, 5.74) is 4.03. The first-order valence-electron chi connectivity index (χ1n) is 12.2. The van der Waals surface area contributed by atoms with Crippen LogP contribution in [0.3, 0.4) is 0 Å². The van der Waals surface area contributed by atoms with Gasteiger partial charge in [0.05, 0.1) is 5.01 Å². The van der Waals surface area contributed by atoms with Gasteiger partial charge in [-0.25, -0.2) is 9.78 Å². The van der Waals surface area contributed by atoms with E-state index in [0.29, 0.717) is 29.7 Å². The minimum Gasteiger partial charge on any atom is -0.347 e. The summed E-state index contributed by atoms with van der Waals surface area (Å²) in [4.78, 5) is 31.6. The molecule has 0 saturated carbocycles. The largest absolute Gasteiger partial charge is 0.347 e. The molecule has 0 radical (unpaired) electrons. The van der Waals surface area contributed by atoms with Crippen LogP contribution in [0.25, 0.3) is 0 Å². The molecule has 6 nitrogen and oxygen atoms in total. The maximum Gasteiger partial charge on any atom is 0.317 e. The number of aryl methyl sites for hydroxylation is 1. The van der Waals surface area contributed by atoms with Crippen LogP contribution < -0.4 is 10.6 Å². The molecule has 1 aliphatic heterocycles. The monoisotopic (exact) mass is 500 g/mol. The quantitative estimate of drug-likeness (QED) is 0.471. The number of amides is 3. The van der Waals surface area contributed by atoms with Crippen LogP contribution in [0.15, 0.2) is 35.2 Å². The molecular formula is C26H33ClN4O2S. The van der Waals surface area contributed by atoms with Gasteiger partial charge in [-0.2, -0.15) is 0 Å². The summed E-state index contributed by atoms with van der Waals surface area (Å²) < 4.78 is 0. The second kappa shape index (κ2) is 11.8. The van der Waals surface area contributed by atoms with Crippen molar-refractivity contribution in [2.75, 3.05) is 19.6 Å². The predicted octanol–water partition coefficient (Wildman–Crippen LogP) is 5.81. The van der Waals surface area contributed by atoms with Crippen molar-refractivity contribution in [1.82, 2.24) is 20.5 Å². The number of nitrogens with zero attached hydrogens (tertiary/aromatic N) is 2. The molecule has 182 valence electrons. The van der Waals surface area contributed by atoms with Crippen LogP contribution in [0.2, 0.25) is 5.02 Å². The van der Waals surface area contributed by atoms with Crippen LogP contribution in [-0.2, 0) is 6.54 Å². The average Bonchev–Trinajstić information content (AvgIpc) is 3.35. The van der Waals surface area contributed by atoms with Crippen LogP contribution in [0.5, 0.6) is 0 Å². The fraction of sp³-hybridized carbons (Fsp3) is 0.500. The number of carbonyl (C=O) groups excluding carboxylic acids is 2. The third-order valence-electron chi connectivity index (χ3n) is 6.74. The minimum absolute atomic E-state index is 0.0338. The SMILES string of the molecule is Cc1cc(Cl)ccc1CNC(=O)c1csc(C2CCN(C(=O)NCCC3=CCCCC3)CC2)n1. The number of nitrogens with one attached hydrogen (secondary N) is 2. The topological polar surface area (TPSA) is 74.3 Å². The number of halogens is 1. The van der Waals surface area contributed by atoms with E-state index in [0.717, 1.165) is 48.5 Å². The molecule has 3 amide bonds. The summed E-state index contributed by atoms with van der Waals surface area (Å²) in [5, 5.41) is 9.54. The summed E-state index contributed by atoms with van der Waals surface area (Å²) in [7, 11) is 0. The number of rotatable bonds is 7. The smallest absolute Gasteiger partial charge is 0.317 e. The molecule has 2 heterocycles. The maximum atomic E-state index is 12.6. The highest BCUT2D eigenvalue weighted by Gasteiger charge is 2.26. The van der Waals surface area contributed by atoms with Gasteiger partial charge in [0.1, 0.15) is 5.69 Å². The molecular weight excluding hydrogens is 468 g/mol. The van der Waals surface area contributed by atoms with Crippen molar-refractivity contribution in [2.45, 2.75) is 64.3 Å². The second-order valence-corrected chi connectivity index (χ2v) is 10.5. The number of piperidine rings is 1. The third-order valence-corrected chi connectivity index (χ3v) is 7.98. The van der Waals surface area contributed by atoms with Crippen molar-refractivity contribution < 1.29 is 9.59 Å². The van der Waals surface area contributed by atoms with Crippen LogP contribution in [0.4, 0.5) is 4.79 Å². The minimum atomic E-state index is -0.165. The number of allylic oxidation sites excluding steroid dienone is 1. The Morgan fingerprint density at radius 1 is 1.21 bits per heavy atom. The van der Waals surface area contributed by atoms with E-state index in [1.165, 1.54) is 42.6 Å². The van der Waals surface area contributed by atoms with Gasteiger partial charge in [-0.05, 0) is 75.1 Å². The summed E-state index contributed by atoms with van der Waals surface area (Å²) in [6.07, 6.45) is 9.96. The fourth-order valence-corrected chi connectivity index (χ4v) is 5.80. The molecule has 4 rings (SSSR count). The average molecular weight is 501 g/mol. The van der Waals surface area contributed by atoms with Crippen LogP contribution >= 0.6 is 22.9 Å². The van der Waals surface area contributed by atoms with Gasteiger partial charge in [-0.15, -0.1) is 11.3 Å². The molecule has 0 unspecified atom stereocenters. The first kappa shape index (κ1) is 24.7. The normalized spacial score (nSPS) is 16.8. The molecule has 2 N–H and O–H groups in total. The molecule has 1 fully saturated rings. The first-order chi connectivity index (χ1) is 16.5. The van der Waals surface area contributed by atoms with E-state index in [9.17, 15) is 9.59 Å². The predicted molar refractivity (Wildman–Crippen MR) is 138 cm³/mol. The molecule has 1 aliphatic carbocycles. The Balaban J connectivity index is 1.21. The number of hydrogen-bond donors (Lipinski definition) is 2. The van der Waals surface area contributed by atoms with Gasteiger partial charge in [0.2, 0.25) is 0 Å². The number of aromatic nitrogens is 1. The van der Waals surface area contributed by atoms with Crippen molar-refractivity contribution in [3.8, 4) is 0 Å². The Morgan fingerprint density at radius 3 is 2.76 bits per heavy atom. The lowest BCUT2D eigenvalue weighted by Gasteiger charge is -2.31. The van der Waals surface area contributed by atoms with Crippen molar-refractivity contribution in [3.63, 3.8) is 0 Å². The van der Waals surface area contributed by atoms with Gasteiger partial charge >= 0.3 is 6.03 Å². The van der Waals surface area contributed by atoms with E-state index in [1.807, 2.05) is 35.4 Å². The Kier molecular flexibility index (Phi) is 8.62. The summed E-state index contributed by atoms with van der Waals surface area (Å²) in [6, 6.07) is 5.69. The molecule has 0 spiro atoms. The Hall–Kier alpha value is -2.38. The highest BCUT2D eigenvalue weighted by atomic mass is 35.5. The molecule has 8 heteroatoms. The van der Waals surface area contributed by atoms with E-state index in [1.54, 1.807) is 0 Å². The van der Waals surface area contributed by atoms with E-state index in [2.05, 4.69) is 21.7 Å². The number of likely N-dealkylation sites (tertiary alicyclic amines) is 1. The number of carbonyl (C=O) groups is 2. The van der Waals surface area contributed by atoms with Gasteiger partial charge in [0.25, 0.3) is 5.91 Å². The van der Waals surface area contributed by atoms with Gasteiger partial charge in [-0.1, -0.05) is 29.3 Å². The summed E-state index contributed by atoms with van der Waals surface area (Å²) in [5.74, 6) is 0.128. The number of urea groups is 1. The first-order valence-corrected chi connectivity index (χ1v) is 13.4. The second-order valence-electron chi connectivity index (χ2n) is 9.18. The molecule has 1 saturated heterocycles. The van der Waals surface area contributed by atoms with Gasteiger partial charge in [-0.3, -0.25) is 4.79 Å².